The first-order chi connectivity index (χ1) is 54.7. The molecule has 634 valence electrons. The molecule has 0 saturated carbocycles. The van der Waals surface area contributed by atoms with Crippen LogP contribution in [0, 0.1) is 0 Å². The maximum atomic E-state index is 13.1. The maximum absolute atomic E-state index is 13.1. The normalized spacial score (nSPS) is 14.7. The van der Waals surface area contributed by atoms with E-state index in [1.807, 2.05) is 18.2 Å². The zero-order valence-electron chi connectivity index (χ0n) is 69.5. The van der Waals surface area contributed by atoms with Crippen molar-refractivity contribution in [2.45, 2.75) is 329 Å². The van der Waals surface area contributed by atoms with Crippen LogP contribution in [0.2, 0.25) is 0 Å². The number of unbranched alkanes of at least 4 members (excludes halogenated alkanes) is 20. The second-order valence-corrected chi connectivity index (χ2v) is 30.6. The van der Waals surface area contributed by atoms with Crippen LogP contribution in [-0.4, -0.2) is 96.7 Å². The van der Waals surface area contributed by atoms with Gasteiger partial charge in [0.1, 0.15) is 19.3 Å². The zero-order chi connectivity index (χ0) is 81.7. The van der Waals surface area contributed by atoms with Crippen LogP contribution in [0.5, 0.6) is 0 Å². The number of esters is 4. The van der Waals surface area contributed by atoms with E-state index in [2.05, 4.69) is 204 Å². The van der Waals surface area contributed by atoms with E-state index >= 15 is 0 Å². The average Bonchev–Trinajstić information content (AvgIpc) is 0.898. The lowest BCUT2D eigenvalue weighted by atomic mass is 10.1. The third-order valence-corrected chi connectivity index (χ3v) is 18.9. The molecular formula is C93H150O17P2. The predicted molar refractivity (Wildman–Crippen MR) is 463 cm³/mol. The van der Waals surface area contributed by atoms with E-state index in [1.165, 1.54) is 44.9 Å². The van der Waals surface area contributed by atoms with Gasteiger partial charge in [-0.2, -0.15) is 0 Å². The Morgan fingerprint density at radius 2 is 0.482 bits per heavy atom. The van der Waals surface area contributed by atoms with Gasteiger partial charge in [-0.05, 0) is 180 Å². The summed E-state index contributed by atoms with van der Waals surface area (Å²) in [6.45, 7) is 4.44. The molecule has 0 radical (unpaired) electrons. The molecule has 0 aliphatic heterocycles. The Morgan fingerprint density at radius 3 is 0.804 bits per heavy atom. The minimum atomic E-state index is -5.02. The molecule has 0 saturated heterocycles. The van der Waals surface area contributed by atoms with Crippen LogP contribution >= 0.6 is 15.6 Å². The molecule has 0 spiro atoms. The minimum Gasteiger partial charge on any atom is -0.462 e. The standard InChI is InChI=1S/C93H150O17P2/c1-5-9-13-17-21-25-29-33-37-40-43-46-50-53-57-61-65-69-73-77-90(95)103-83-88(109-92(97)79-75-71-67-63-59-55-49-36-32-28-24-20-16-12-8-4)85-107-111(99,100)105-81-87(94)82-106-112(101,102)108-86-89(110-93(98)80-76-72-68-64-60-56-52-48-45-42-39-35-31-27-23-19-15-11-7-3)84-104-91(96)78-74-70-66-62-58-54-51-47-44-41-38-34-30-26-22-18-14-10-6-2/h9-10,13-14,21-23,25-28,32-35,37-39,43-48,53-54,56-58,60,68,72,87-89,94H,5-8,11-12,15-20,24,29-31,36,40-42,49-52,55,59,61-67,69-71,73-86H2,1-4H3,(H,99,100)(H,101,102)/b13-9-,14-10-,25-21-,26-22-,27-23-,32-28-,37-33-,38-34-,39-35-,46-43-,47-44-,48-45-,57-53-,58-54-,60-56-,72-68-/t87-,88+,89+/m0/s1. The first kappa shape index (κ1) is 106. The number of allylic oxidation sites excluding steroid dienone is 32. The van der Waals surface area contributed by atoms with Gasteiger partial charge in [-0.1, -0.05) is 299 Å². The number of phosphoric acid groups is 2. The Kier molecular flexibility index (Phi) is 78.4. The van der Waals surface area contributed by atoms with Crippen LogP contribution in [0.15, 0.2) is 194 Å². The van der Waals surface area contributed by atoms with Gasteiger partial charge in [0.25, 0.3) is 0 Å². The molecule has 3 N–H and O–H groups in total. The van der Waals surface area contributed by atoms with Gasteiger partial charge >= 0.3 is 39.5 Å². The van der Waals surface area contributed by atoms with Crippen molar-refractivity contribution in [2.24, 2.45) is 0 Å². The largest absolute Gasteiger partial charge is 0.472 e. The molecular weight excluding hydrogens is 1450 g/mol. The molecule has 0 fully saturated rings. The number of ether oxygens (including phenoxy) is 4. The highest BCUT2D eigenvalue weighted by Gasteiger charge is 2.30. The Balaban J connectivity index is 5.54. The van der Waals surface area contributed by atoms with Crippen molar-refractivity contribution in [2.75, 3.05) is 39.6 Å². The van der Waals surface area contributed by atoms with Crippen molar-refractivity contribution in [1.82, 2.24) is 0 Å². The van der Waals surface area contributed by atoms with Gasteiger partial charge in [0, 0.05) is 25.7 Å². The minimum absolute atomic E-state index is 0.0444. The SMILES string of the molecule is CC/C=C\C/C=C\C/C=C\C/C=C\C/C=C\CCCCCC(=O)OC[C@H](COP(=O)(O)OC[C@@H](O)COP(=O)(O)OC[C@@H](COC(=O)CCCCC/C=C\C/C=C\C/C=C\C/C=C\C/C=C\CC)OC(=O)CCCCCCCCC/C=C\CCCCCC)OC(=O)CC/C=C\C/C=C\C/C=C\C/C=C\C/C=C\CCCCC. The quantitative estimate of drug-likeness (QED) is 0.0169. The fourth-order valence-corrected chi connectivity index (χ4v) is 12.2. The molecule has 0 heterocycles. The van der Waals surface area contributed by atoms with Gasteiger partial charge in [0.05, 0.1) is 26.4 Å². The Morgan fingerprint density at radius 1 is 0.259 bits per heavy atom. The van der Waals surface area contributed by atoms with E-state index in [0.717, 1.165) is 180 Å². The van der Waals surface area contributed by atoms with Crippen molar-refractivity contribution in [3.8, 4) is 0 Å². The first-order valence-electron chi connectivity index (χ1n) is 42.7. The van der Waals surface area contributed by atoms with E-state index in [4.69, 9.17) is 37.0 Å². The van der Waals surface area contributed by atoms with Crippen molar-refractivity contribution >= 4 is 39.5 Å². The van der Waals surface area contributed by atoms with Gasteiger partial charge in [-0.15, -0.1) is 0 Å². The summed E-state index contributed by atoms with van der Waals surface area (Å²) in [7, 11) is -10.0. The molecule has 0 aromatic heterocycles. The van der Waals surface area contributed by atoms with E-state index in [-0.39, 0.29) is 25.7 Å². The molecule has 0 aromatic carbocycles. The highest BCUT2D eigenvalue weighted by atomic mass is 31.2. The summed E-state index contributed by atoms with van der Waals surface area (Å²) in [6.07, 6.45) is 103. The second-order valence-electron chi connectivity index (χ2n) is 27.6. The predicted octanol–water partition coefficient (Wildman–Crippen LogP) is 25.7. The number of carbonyl (C=O) groups excluding carboxylic acids is 4. The van der Waals surface area contributed by atoms with Crippen LogP contribution < -0.4 is 0 Å². The monoisotopic (exact) mass is 1600 g/mol. The summed E-state index contributed by atoms with van der Waals surface area (Å²) in [5.41, 5.74) is 0. The van der Waals surface area contributed by atoms with E-state index in [1.54, 1.807) is 0 Å². The van der Waals surface area contributed by atoms with E-state index in [9.17, 15) is 43.2 Å². The molecule has 17 nitrogen and oxygen atoms in total. The summed E-state index contributed by atoms with van der Waals surface area (Å²) in [5, 5.41) is 10.7. The fourth-order valence-electron chi connectivity index (χ4n) is 10.6. The molecule has 5 atom stereocenters. The average molecular weight is 1600 g/mol. The lowest BCUT2D eigenvalue weighted by molar-refractivity contribution is -0.161. The number of phosphoric ester groups is 2. The lowest BCUT2D eigenvalue weighted by Gasteiger charge is -2.21. The summed E-state index contributed by atoms with van der Waals surface area (Å²) in [6, 6.07) is 0. The number of hydrogen-bond acceptors (Lipinski definition) is 15. The molecule has 2 unspecified atom stereocenters. The molecule has 0 rings (SSSR count). The van der Waals surface area contributed by atoms with Gasteiger partial charge in [0.2, 0.25) is 0 Å². The smallest absolute Gasteiger partial charge is 0.462 e. The Bertz CT molecular complexity index is 2890. The first-order valence-corrected chi connectivity index (χ1v) is 45.7. The van der Waals surface area contributed by atoms with Crippen molar-refractivity contribution in [3.05, 3.63) is 194 Å². The molecule has 0 aliphatic carbocycles. The third kappa shape index (κ3) is 81.9. The second kappa shape index (κ2) is 82.9. The molecule has 112 heavy (non-hydrogen) atoms. The summed E-state index contributed by atoms with van der Waals surface area (Å²) in [5.74, 6) is -2.36. The van der Waals surface area contributed by atoms with Crippen LogP contribution in [0.25, 0.3) is 0 Å². The summed E-state index contributed by atoms with van der Waals surface area (Å²) in [4.78, 5) is 73.2. The number of carbonyl (C=O) groups is 4. The van der Waals surface area contributed by atoms with Crippen molar-refractivity contribution in [1.29, 1.82) is 0 Å². The lowest BCUT2D eigenvalue weighted by Crippen LogP contribution is -2.30. The Labute approximate surface area is 678 Å². The fraction of sp³-hybridized carbons (Fsp3) is 0.613. The maximum Gasteiger partial charge on any atom is 0.472 e. The molecule has 19 heteroatoms. The van der Waals surface area contributed by atoms with Crippen LogP contribution in [0.1, 0.15) is 310 Å². The number of aliphatic hydroxyl groups excluding tert-OH is 1. The van der Waals surface area contributed by atoms with Crippen molar-refractivity contribution < 1.29 is 80.2 Å². The van der Waals surface area contributed by atoms with Gasteiger partial charge in [-0.25, -0.2) is 9.13 Å². The molecule has 0 amide bonds. The topological polar surface area (TPSA) is 237 Å². The summed E-state index contributed by atoms with van der Waals surface area (Å²) >= 11 is 0. The highest BCUT2D eigenvalue weighted by molar-refractivity contribution is 7.47. The molecule has 0 bridgehead atoms. The summed E-state index contributed by atoms with van der Waals surface area (Å²) < 4.78 is 68.7. The number of hydrogen-bond donors (Lipinski definition) is 3. The van der Waals surface area contributed by atoms with E-state index < -0.39 is 97.5 Å². The third-order valence-electron chi connectivity index (χ3n) is 17.0. The van der Waals surface area contributed by atoms with Crippen LogP contribution in [-0.2, 0) is 65.4 Å². The van der Waals surface area contributed by atoms with Gasteiger partial charge < -0.3 is 33.8 Å². The number of aliphatic hydroxyl groups is 1. The van der Waals surface area contributed by atoms with Crippen LogP contribution in [0.4, 0.5) is 0 Å². The van der Waals surface area contributed by atoms with Crippen LogP contribution in [0.3, 0.4) is 0 Å². The van der Waals surface area contributed by atoms with Crippen molar-refractivity contribution in [3.63, 3.8) is 0 Å². The Hall–Kier alpha value is -6.10. The van der Waals surface area contributed by atoms with Gasteiger partial charge in [-0.3, -0.25) is 37.3 Å². The highest BCUT2D eigenvalue weighted by Crippen LogP contribution is 2.45. The van der Waals surface area contributed by atoms with Gasteiger partial charge in [0.15, 0.2) is 12.2 Å². The molecule has 0 aliphatic rings. The number of rotatable bonds is 78. The molecule has 0 aromatic rings. The zero-order valence-corrected chi connectivity index (χ0v) is 71.3. The van der Waals surface area contributed by atoms with E-state index in [0.29, 0.717) is 32.1 Å².